The van der Waals surface area contributed by atoms with Crippen LogP contribution < -0.4 is 5.32 Å². The highest BCUT2D eigenvalue weighted by Crippen LogP contribution is 2.30. The molecule has 2 heterocycles. The molecule has 1 N–H and O–H groups in total. The van der Waals surface area contributed by atoms with Crippen LogP contribution in [0.25, 0.3) is 0 Å². The van der Waals surface area contributed by atoms with Crippen molar-refractivity contribution in [2.45, 2.75) is 51.6 Å². The first kappa shape index (κ1) is 14.0. The summed E-state index contributed by atoms with van der Waals surface area (Å²) in [6.45, 7) is 9.18. The van der Waals surface area contributed by atoms with E-state index in [-0.39, 0.29) is 0 Å². The lowest BCUT2D eigenvalue weighted by Gasteiger charge is -2.19. The lowest BCUT2D eigenvalue weighted by molar-refractivity contribution is 0.272. The zero-order valence-corrected chi connectivity index (χ0v) is 12.8. The molecule has 0 aliphatic carbocycles. The fraction of sp³-hybridized carbons (Fsp3) is 0.786. The zero-order chi connectivity index (χ0) is 13.1. The molecule has 0 radical (unpaired) electrons. The number of hydrogen-bond donors (Lipinski definition) is 1. The summed E-state index contributed by atoms with van der Waals surface area (Å²) in [6.07, 6.45) is 2.31. The Morgan fingerprint density at radius 2 is 2.28 bits per heavy atom. The van der Waals surface area contributed by atoms with Gasteiger partial charge in [0.2, 0.25) is 0 Å². The van der Waals surface area contributed by atoms with E-state index >= 15 is 0 Å². The Kier molecular flexibility index (Phi) is 4.76. The van der Waals surface area contributed by atoms with Crippen LogP contribution in [-0.2, 0) is 6.42 Å². The predicted octanol–water partition coefficient (Wildman–Crippen LogP) is 2.49. The summed E-state index contributed by atoms with van der Waals surface area (Å²) in [5.74, 6) is 0.663. The van der Waals surface area contributed by atoms with Gasteiger partial charge < -0.3 is 10.2 Å². The number of rotatable bonds is 5. The fourth-order valence-electron chi connectivity index (χ4n) is 2.48. The van der Waals surface area contributed by atoms with E-state index in [4.69, 9.17) is 4.98 Å². The van der Waals surface area contributed by atoms with E-state index in [0.29, 0.717) is 18.0 Å². The Labute approximate surface area is 115 Å². The SMILES string of the molecule is CNC(C)Cc1csc(C2CCN(C(C)C)C2)n1. The molecule has 4 heteroatoms. The monoisotopic (exact) mass is 267 g/mol. The van der Waals surface area contributed by atoms with Crippen molar-refractivity contribution in [2.24, 2.45) is 0 Å². The highest BCUT2D eigenvalue weighted by atomic mass is 32.1. The summed E-state index contributed by atoms with van der Waals surface area (Å²) in [7, 11) is 2.01. The minimum absolute atomic E-state index is 0.510. The van der Waals surface area contributed by atoms with Crippen molar-refractivity contribution >= 4 is 11.3 Å². The van der Waals surface area contributed by atoms with Gasteiger partial charge in [-0.05, 0) is 40.8 Å². The third-order valence-electron chi connectivity index (χ3n) is 3.88. The molecule has 0 amide bonds. The summed E-state index contributed by atoms with van der Waals surface area (Å²) in [4.78, 5) is 7.38. The molecule has 18 heavy (non-hydrogen) atoms. The summed E-state index contributed by atoms with van der Waals surface area (Å²) in [6, 6.07) is 1.18. The third kappa shape index (κ3) is 3.31. The van der Waals surface area contributed by atoms with Crippen LogP contribution in [0.2, 0.25) is 0 Å². The van der Waals surface area contributed by atoms with Gasteiger partial charge in [0.05, 0.1) is 10.7 Å². The molecule has 1 aromatic heterocycles. The van der Waals surface area contributed by atoms with Crippen LogP contribution in [0.1, 0.15) is 43.8 Å². The van der Waals surface area contributed by atoms with E-state index in [9.17, 15) is 0 Å². The maximum atomic E-state index is 4.83. The number of thiazole rings is 1. The molecule has 0 aromatic carbocycles. The first-order valence-corrected chi connectivity index (χ1v) is 7.83. The molecule has 1 saturated heterocycles. The Hall–Kier alpha value is -0.450. The molecule has 1 aliphatic rings. The lowest BCUT2D eigenvalue weighted by atomic mass is 10.1. The molecule has 2 rings (SSSR count). The summed E-state index contributed by atoms with van der Waals surface area (Å²) >= 11 is 1.85. The summed E-state index contributed by atoms with van der Waals surface area (Å²) in [5, 5.41) is 6.85. The minimum Gasteiger partial charge on any atom is -0.317 e. The van der Waals surface area contributed by atoms with Crippen molar-refractivity contribution < 1.29 is 0 Å². The molecule has 1 fully saturated rings. The van der Waals surface area contributed by atoms with Gasteiger partial charge >= 0.3 is 0 Å². The van der Waals surface area contributed by atoms with E-state index in [1.165, 1.54) is 30.2 Å². The Balaban J connectivity index is 1.94. The Morgan fingerprint density at radius 3 is 2.89 bits per heavy atom. The largest absolute Gasteiger partial charge is 0.317 e. The van der Waals surface area contributed by atoms with Crippen molar-refractivity contribution in [3.05, 3.63) is 16.1 Å². The molecule has 0 saturated carbocycles. The van der Waals surface area contributed by atoms with Crippen molar-refractivity contribution in [3.8, 4) is 0 Å². The maximum absolute atomic E-state index is 4.83. The third-order valence-corrected chi connectivity index (χ3v) is 4.93. The van der Waals surface area contributed by atoms with E-state index in [1.54, 1.807) is 0 Å². The number of nitrogens with zero attached hydrogens (tertiary/aromatic N) is 2. The van der Waals surface area contributed by atoms with Crippen LogP contribution in [0.15, 0.2) is 5.38 Å². The number of hydrogen-bond acceptors (Lipinski definition) is 4. The number of nitrogens with one attached hydrogen (secondary N) is 1. The fourth-order valence-corrected chi connectivity index (χ4v) is 3.44. The highest BCUT2D eigenvalue weighted by Gasteiger charge is 2.27. The van der Waals surface area contributed by atoms with Gasteiger partial charge in [-0.25, -0.2) is 4.98 Å². The Bertz CT molecular complexity index is 375. The molecule has 2 unspecified atom stereocenters. The maximum Gasteiger partial charge on any atom is 0.0972 e. The second-order valence-corrected chi connectivity index (χ2v) is 6.53. The minimum atomic E-state index is 0.510. The van der Waals surface area contributed by atoms with Crippen LogP contribution in [0.3, 0.4) is 0 Å². The van der Waals surface area contributed by atoms with Crippen LogP contribution in [-0.4, -0.2) is 42.1 Å². The van der Waals surface area contributed by atoms with Gasteiger partial charge in [0.15, 0.2) is 0 Å². The Morgan fingerprint density at radius 1 is 1.50 bits per heavy atom. The summed E-state index contributed by atoms with van der Waals surface area (Å²) in [5.41, 5.74) is 1.25. The first-order valence-electron chi connectivity index (χ1n) is 6.95. The van der Waals surface area contributed by atoms with Crippen molar-refractivity contribution in [1.82, 2.24) is 15.2 Å². The molecular weight excluding hydrogens is 242 g/mol. The van der Waals surface area contributed by atoms with E-state index in [1.807, 2.05) is 18.4 Å². The van der Waals surface area contributed by atoms with Crippen molar-refractivity contribution in [1.29, 1.82) is 0 Å². The molecule has 1 aromatic rings. The second kappa shape index (κ2) is 6.13. The average Bonchev–Trinajstić information content (AvgIpc) is 2.96. The van der Waals surface area contributed by atoms with Crippen LogP contribution in [0, 0.1) is 0 Å². The predicted molar refractivity (Wildman–Crippen MR) is 78.4 cm³/mol. The second-order valence-electron chi connectivity index (χ2n) is 5.65. The lowest BCUT2D eigenvalue weighted by Crippen LogP contribution is -2.27. The molecule has 3 nitrogen and oxygen atoms in total. The van der Waals surface area contributed by atoms with Crippen LogP contribution in [0.5, 0.6) is 0 Å². The van der Waals surface area contributed by atoms with Gasteiger partial charge in [-0.1, -0.05) is 0 Å². The van der Waals surface area contributed by atoms with E-state index < -0.39 is 0 Å². The van der Waals surface area contributed by atoms with E-state index in [0.717, 1.165) is 6.42 Å². The first-order chi connectivity index (χ1) is 8.60. The molecule has 0 bridgehead atoms. The van der Waals surface area contributed by atoms with Crippen LogP contribution >= 0.6 is 11.3 Å². The van der Waals surface area contributed by atoms with Crippen LogP contribution in [0.4, 0.5) is 0 Å². The normalized spacial score (nSPS) is 22.8. The topological polar surface area (TPSA) is 28.2 Å². The average molecular weight is 267 g/mol. The number of likely N-dealkylation sites (tertiary alicyclic amines) is 1. The quantitative estimate of drug-likeness (QED) is 0.888. The van der Waals surface area contributed by atoms with Crippen molar-refractivity contribution in [2.75, 3.05) is 20.1 Å². The van der Waals surface area contributed by atoms with E-state index in [2.05, 4.69) is 36.4 Å². The van der Waals surface area contributed by atoms with Gasteiger partial charge in [0, 0.05) is 36.3 Å². The standard InChI is InChI=1S/C14H25N3S/c1-10(2)17-6-5-12(8-17)14-16-13(9-18-14)7-11(3)15-4/h9-12,15H,5-8H2,1-4H3. The van der Waals surface area contributed by atoms with Gasteiger partial charge in [-0.15, -0.1) is 11.3 Å². The highest BCUT2D eigenvalue weighted by molar-refractivity contribution is 7.09. The molecule has 102 valence electrons. The van der Waals surface area contributed by atoms with Gasteiger partial charge in [0.25, 0.3) is 0 Å². The number of aromatic nitrogens is 1. The van der Waals surface area contributed by atoms with Gasteiger partial charge in [-0.2, -0.15) is 0 Å². The molecule has 0 spiro atoms. The van der Waals surface area contributed by atoms with Crippen molar-refractivity contribution in [3.63, 3.8) is 0 Å². The summed E-state index contributed by atoms with van der Waals surface area (Å²) < 4.78 is 0. The molecule has 1 aliphatic heterocycles. The zero-order valence-electron chi connectivity index (χ0n) is 11.9. The molecule has 2 atom stereocenters. The van der Waals surface area contributed by atoms with Gasteiger partial charge in [-0.3, -0.25) is 0 Å². The smallest absolute Gasteiger partial charge is 0.0972 e. The number of likely N-dealkylation sites (N-methyl/N-ethyl adjacent to an activating group) is 1. The molecular formula is C14H25N3S. The van der Waals surface area contributed by atoms with Gasteiger partial charge in [0.1, 0.15) is 0 Å².